The molecule has 4 aromatic rings. The molecule has 0 fully saturated rings. The standard InChI is InChI=1S/C21H18N3/c1-24-12-4-5-15(14-24)8-11-21-19-13-16(22)9-10-17(19)18-6-2-3-7-20(18)23-21/h2-14H,22H2,1H3/q+1/b11-8-. The Morgan fingerprint density at radius 1 is 0.917 bits per heavy atom. The van der Waals surface area contributed by atoms with Crippen molar-refractivity contribution in [1.29, 1.82) is 0 Å². The van der Waals surface area contributed by atoms with Gasteiger partial charge in [0, 0.05) is 28.1 Å². The van der Waals surface area contributed by atoms with Crippen molar-refractivity contribution in [2.75, 3.05) is 5.73 Å². The van der Waals surface area contributed by atoms with Crippen LogP contribution in [0.1, 0.15) is 11.3 Å². The zero-order valence-corrected chi connectivity index (χ0v) is 13.5. The Morgan fingerprint density at radius 3 is 2.67 bits per heavy atom. The molecule has 0 atom stereocenters. The molecule has 3 nitrogen and oxygen atoms in total. The Balaban J connectivity index is 1.94. The van der Waals surface area contributed by atoms with E-state index < -0.39 is 0 Å². The van der Waals surface area contributed by atoms with Crippen LogP contribution in [0.15, 0.2) is 67.0 Å². The van der Waals surface area contributed by atoms with Crippen molar-refractivity contribution in [2.24, 2.45) is 7.05 Å². The SMILES string of the molecule is C[n+]1cccc(/C=C\c2nc3ccccc3c3ccc(N)cc23)c1. The van der Waals surface area contributed by atoms with E-state index in [-0.39, 0.29) is 0 Å². The van der Waals surface area contributed by atoms with Crippen molar-refractivity contribution in [2.45, 2.75) is 0 Å². The molecule has 2 aromatic carbocycles. The number of anilines is 1. The van der Waals surface area contributed by atoms with Gasteiger partial charge in [-0.1, -0.05) is 24.3 Å². The fourth-order valence-corrected chi connectivity index (χ4v) is 3.01. The maximum atomic E-state index is 6.01. The molecule has 0 aliphatic carbocycles. The van der Waals surface area contributed by atoms with Crippen molar-refractivity contribution in [3.05, 3.63) is 78.2 Å². The first-order valence-electron chi connectivity index (χ1n) is 7.92. The van der Waals surface area contributed by atoms with Crippen LogP contribution in [-0.2, 0) is 7.05 Å². The van der Waals surface area contributed by atoms with Crippen molar-refractivity contribution >= 4 is 39.5 Å². The number of nitrogen functional groups attached to an aromatic ring is 1. The highest BCUT2D eigenvalue weighted by Gasteiger charge is 2.07. The van der Waals surface area contributed by atoms with Crippen molar-refractivity contribution < 1.29 is 4.57 Å². The van der Waals surface area contributed by atoms with Gasteiger partial charge in [-0.15, -0.1) is 0 Å². The van der Waals surface area contributed by atoms with Gasteiger partial charge in [0.15, 0.2) is 12.4 Å². The number of nitrogens with zero attached hydrogens (tertiary/aromatic N) is 2. The van der Waals surface area contributed by atoms with Gasteiger partial charge in [-0.05, 0) is 41.8 Å². The van der Waals surface area contributed by atoms with E-state index in [1.54, 1.807) is 0 Å². The van der Waals surface area contributed by atoms with Crippen LogP contribution in [0.25, 0.3) is 33.8 Å². The number of nitrogens with two attached hydrogens (primary N) is 1. The van der Waals surface area contributed by atoms with Crippen LogP contribution in [0.5, 0.6) is 0 Å². The van der Waals surface area contributed by atoms with E-state index in [0.29, 0.717) is 0 Å². The third-order valence-electron chi connectivity index (χ3n) is 4.15. The lowest BCUT2D eigenvalue weighted by atomic mass is 10.0. The Kier molecular flexibility index (Phi) is 3.47. The lowest BCUT2D eigenvalue weighted by Crippen LogP contribution is -2.26. The third kappa shape index (κ3) is 2.61. The topological polar surface area (TPSA) is 42.8 Å². The smallest absolute Gasteiger partial charge is 0.175 e. The van der Waals surface area contributed by atoms with Gasteiger partial charge in [0.1, 0.15) is 7.05 Å². The van der Waals surface area contributed by atoms with Crippen LogP contribution in [0.4, 0.5) is 5.69 Å². The number of rotatable bonds is 2. The van der Waals surface area contributed by atoms with Gasteiger partial charge in [0.05, 0.1) is 11.2 Å². The number of hydrogen-bond donors (Lipinski definition) is 1. The van der Waals surface area contributed by atoms with Crippen molar-refractivity contribution in [3.8, 4) is 0 Å². The van der Waals surface area contributed by atoms with Crippen LogP contribution in [0.3, 0.4) is 0 Å². The molecule has 0 aliphatic rings. The highest BCUT2D eigenvalue weighted by molar-refractivity contribution is 6.09. The van der Waals surface area contributed by atoms with Gasteiger partial charge >= 0.3 is 0 Å². The lowest BCUT2D eigenvalue weighted by molar-refractivity contribution is -0.671. The average molecular weight is 312 g/mol. The number of aromatic nitrogens is 2. The van der Waals surface area contributed by atoms with Gasteiger partial charge in [-0.3, -0.25) is 0 Å². The number of aryl methyl sites for hydroxylation is 1. The normalized spacial score (nSPS) is 11.5. The van der Waals surface area contributed by atoms with Gasteiger partial charge in [-0.2, -0.15) is 0 Å². The summed E-state index contributed by atoms with van der Waals surface area (Å²) in [6.45, 7) is 0. The van der Waals surface area contributed by atoms with Gasteiger partial charge in [0.25, 0.3) is 0 Å². The molecule has 2 N–H and O–H groups in total. The summed E-state index contributed by atoms with van der Waals surface area (Å²) in [7, 11) is 2.02. The van der Waals surface area contributed by atoms with E-state index in [2.05, 4.69) is 36.5 Å². The first-order chi connectivity index (χ1) is 11.7. The number of pyridine rings is 2. The Bertz CT molecular complexity index is 1080. The monoisotopic (exact) mass is 312 g/mol. The lowest BCUT2D eigenvalue weighted by Gasteiger charge is -2.08. The van der Waals surface area contributed by atoms with Gasteiger partial charge in [-0.25, -0.2) is 9.55 Å². The largest absolute Gasteiger partial charge is 0.399 e. The molecule has 0 radical (unpaired) electrons. The molecule has 2 heterocycles. The molecule has 0 unspecified atom stereocenters. The molecule has 4 rings (SSSR count). The average Bonchev–Trinajstić information content (AvgIpc) is 2.59. The Hall–Kier alpha value is -3.20. The Labute approximate surface area is 140 Å². The molecule has 24 heavy (non-hydrogen) atoms. The van der Waals surface area contributed by atoms with Crippen LogP contribution < -0.4 is 10.3 Å². The van der Waals surface area contributed by atoms with E-state index in [4.69, 9.17) is 10.7 Å². The molecule has 0 bridgehead atoms. The second kappa shape index (κ2) is 5.78. The summed E-state index contributed by atoms with van der Waals surface area (Å²) < 4.78 is 2.03. The van der Waals surface area contributed by atoms with Crippen molar-refractivity contribution in [3.63, 3.8) is 0 Å². The molecule has 0 saturated heterocycles. The fraction of sp³-hybridized carbons (Fsp3) is 0.0476. The minimum absolute atomic E-state index is 0.750. The van der Waals surface area contributed by atoms with E-state index >= 15 is 0 Å². The summed E-state index contributed by atoms with van der Waals surface area (Å²) in [6, 6.07) is 18.3. The zero-order chi connectivity index (χ0) is 16.5. The minimum atomic E-state index is 0.750. The van der Waals surface area contributed by atoms with Crippen LogP contribution in [-0.4, -0.2) is 4.98 Å². The summed E-state index contributed by atoms with van der Waals surface area (Å²) in [5, 5.41) is 3.40. The molecule has 0 aliphatic heterocycles. The zero-order valence-electron chi connectivity index (χ0n) is 13.5. The molecule has 0 saturated carbocycles. The highest BCUT2D eigenvalue weighted by Crippen LogP contribution is 2.29. The number of fused-ring (bicyclic) bond motifs is 3. The summed E-state index contributed by atoms with van der Waals surface area (Å²) in [5.74, 6) is 0. The maximum Gasteiger partial charge on any atom is 0.175 e. The third-order valence-corrected chi connectivity index (χ3v) is 4.15. The second-order valence-corrected chi connectivity index (χ2v) is 5.96. The highest BCUT2D eigenvalue weighted by atomic mass is 14.9. The van der Waals surface area contributed by atoms with E-state index in [9.17, 15) is 0 Å². The second-order valence-electron chi connectivity index (χ2n) is 5.96. The molecule has 116 valence electrons. The molecular formula is C21H18N3+. The maximum absolute atomic E-state index is 6.01. The summed E-state index contributed by atoms with van der Waals surface area (Å²) in [6.07, 6.45) is 8.24. The number of para-hydroxylation sites is 1. The first kappa shape index (κ1) is 14.4. The first-order valence-corrected chi connectivity index (χ1v) is 7.92. The summed E-state index contributed by atoms with van der Waals surface area (Å²) >= 11 is 0. The number of benzene rings is 2. The summed E-state index contributed by atoms with van der Waals surface area (Å²) in [5.41, 5.74) is 9.82. The van der Waals surface area contributed by atoms with E-state index in [0.717, 1.165) is 33.2 Å². The van der Waals surface area contributed by atoms with E-state index in [1.807, 2.05) is 54.2 Å². The van der Waals surface area contributed by atoms with E-state index in [1.165, 1.54) is 5.39 Å². The number of hydrogen-bond acceptors (Lipinski definition) is 2. The molecule has 3 heteroatoms. The minimum Gasteiger partial charge on any atom is -0.399 e. The fourth-order valence-electron chi connectivity index (χ4n) is 3.01. The molecular weight excluding hydrogens is 294 g/mol. The molecule has 0 spiro atoms. The van der Waals surface area contributed by atoms with Crippen LogP contribution in [0.2, 0.25) is 0 Å². The van der Waals surface area contributed by atoms with Gasteiger partial charge < -0.3 is 5.73 Å². The quantitative estimate of drug-likeness (QED) is 0.346. The summed E-state index contributed by atoms with van der Waals surface area (Å²) in [4.78, 5) is 4.83. The Morgan fingerprint density at radius 2 is 1.79 bits per heavy atom. The van der Waals surface area contributed by atoms with Gasteiger partial charge in [0.2, 0.25) is 0 Å². The van der Waals surface area contributed by atoms with Crippen molar-refractivity contribution in [1.82, 2.24) is 4.98 Å². The predicted octanol–water partition coefficient (Wildman–Crippen LogP) is 3.97. The molecule has 2 aromatic heterocycles. The molecule has 0 amide bonds. The van der Waals surface area contributed by atoms with Crippen LogP contribution in [0, 0.1) is 0 Å². The van der Waals surface area contributed by atoms with Crippen LogP contribution >= 0.6 is 0 Å². The predicted molar refractivity (Wildman–Crippen MR) is 100 cm³/mol.